The van der Waals surface area contributed by atoms with E-state index in [-0.39, 0.29) is 0 Å². The van der Waals surface area contributed by atoms with Gasteiger partial charge in [0, 0.05) is 12.0 Å². The maximum Gasteiger partial charge on any atom is 0.124 e. The molecule has 0 aliphatic rings. The minimum absolute atomic E-state index is 0.306. The molecule has 1 aromatic rings. The Morgan fingerprint density at radius 2 is 2.23 bits per heavy atom. The van der Waals surface area contributed by atoms with E-state index in [1.807, 2.05) is 12.1 Å². The molecule has 0 aromatic heterocycles. The third-order valence-corrected chi connectivity index (χ3v) is 1.81. The number of rotatable bonds is 3. The molecule has 0 aliphatic heterocycles. The monoisotopic (exact) mass is 176 g/mol. The zero-order valence-corrected chi connectivity index (χ0v) is 7.53. The fourth-order valence-electron chi connectivity index (χ4n) is 1.16. The summed E-state index contributed by atoms with van der Waals surface area (Å²) in [6, 6.07) is 7.30. The van der Waals surface area contributed by atoms with Crippen molar-refractivity contribution in [1.82, 2.24) is 0 Å². The lowest BCUT2D eigenvalue weighted by Crippen LogP contribution is -1.99. The van der Waals surface area contributed by atoms with Gasteiger partial charge in [0.2, 0.25) is 0 Å². The van der Waals surface area contributed by atoms with Gasteiger partial charge in [0.1, 0.15) is 5.75 Å². The van der Waals surface area contributed by atoms with Crippen LogP contribution in [0.5, 0.6) is 5.75 Å². The summed E-state index contributed by atoms with van der Waals surface area (Å²) in [5.74, 6) is 3.08. The average Bonchev–Trinajstić information content (AvgIpc) is 2.18. The van der Waals surface area contributed by atoms with Crippen LogP contribution in [0.15, 0.2) is 24.3 Å². The Bertz CT molecular complexity index is 312. The molecule has 0 saturated heterocycles. The minimum atomic E-state index is -0.638. The Kier molecular flexibility index (Phi) is 3.36. The van der Waals surface area contributed by atoms with E-state index in [0.717, 1.165) is 5.56 Å². The predicted octanol–water partition coefficient (Wildman–Crippen LogP) is 1.75. The number of hydrogen-bond acceptors (Lipinski definition) is 2. The second-order valence-electron chi connectivity index (χ2n) is 2.67. The van der Waals surface area contributed by atoms with Crippen molar-refractivity contribution in [1.29, 1.82) is 0 Å². The highest BCUT2D eigenvalue weighted by atomic mass is 16.5. The first kappa shape index (κ1) is 9.63. The lowest BCUT2D eigenvalue weighted by Gasteiger charge is -2.11. The van der Waals surface area contributed by atoms with Gasteiger partial charge in [-0.2, -0.15) is 0 Å². The maximum absolute atomic E-state index is 9.61. The van der Waals surface area contributed by atoms with Gasteiger partial charge in [0.25, 0.3) is 0 Å². The molecule has 1 N–H and O–H groups in total. The molecule has 13 heavy (non-hydrogen) atoms. The summed E-state index contributed by atoms with van der Waals surface area (Å²) in [4.78, 5) is 0. The van der Waals surface area contributed by atoms with Gasteiger partial charge in [-0.15, -0.1) is 12.3 Å². The summed E-state index contributed by atoms with van der Waals surface area (Å²) < 4.78 is 5.08. The summed E-state index contributed by atoms with van der Waals surface area (Å²) in [5, 5.41) is 9.61. The quantitative estimate of drug-likeness (QED) is 0.711. The second kappa shape index (κ2) is 4.54. The SMILES string of the molecule is C#CCC(O)c1ccccc1OC. The fourth-order valence-corrected chi connectivity index (χ4v) is 1.16. The van der Waals surface area contributed by atoms with E-state index >= 15 is 0 Å². The number of ether oxygens (including phenoxy) is 1. The predicted molar refractivity (Wildman–Crippen MR) is 51.4 cm³/mol. The van der Waals surface area contributed by atoms with Gasteiger partial charge in [-0.3, -0.25) is 0 Å². The summed E-state index contributed by atoms with van der Waals surface area (Å²) >= 11 is 0. The molecular formula is C11H12O2. The zero-order chi connectivity index (χ0) is 9.68. The van der Waals surface area contributed by atoms with E-state index in [1.165, 1.54) is 0 Å². The summed E-state index contributed by atoms with van der Waals surface area (Å²) in [6.45, 7) is 0. The molecule has 68 valence electrons. The van der Waals surface area contributed by atoms with Crippen LogP contribution in [0.3, 0.4) is 0 Å². The third-order valence-electron chi connectivity index (χ3n) is 1.81. The number of terminal acetylenes is 1. The molecule has 1 rings (SSSR count). The Labute approximate surface area is 78.2 Å². The zero-order valence-electron chi connectivity index (χ0n) is 7.53. The van der Waals surface area contributed by atoms with Gasteiger partial charge in [0.15, 0.2) is 0 Å². The molecule has 0 aliphatic carbocycles. The van der Waals surface area contributed by atoms with Crippen LogP contribution in [-0.2, 0) is 0 Å². The molecular weight excluding hydrogens is 164 g/mol. The molecule has 1 atom stereocenters. The Morgan fingerprint density at radius 1 is 1.54 bits per heavy atom. The number of methoxy groups -OCH3 is 1. The highest BCUT2D eigenvalue weighted by Gasteiger charge is 2.10. The van der Waals surface area contributed by atoms with Gasteiger partial charge >= 0.3 is 0 Å². The Balaban J connectivity index is 2.93. The van der Waals surface area contributed by atoms with E-state index in [4.69, 9.17) is 11.2 Å². The minimum Gasteiger partial charge on any atom is -0.496 e. The summed E-state index contributed by atoms with van der Waals surface area (Å²) in [5.41, 5.74) is 0.739. The molecule has 0 bridgehead atoms. The first-order valence-corrected chi connectivity index (χ1v) is 4.04. The molecule has 0 heterocycles. The number of aliphatic hydroxyl groups is 1. The summed E-state index contributed by atoms with van der Waals surface area (Å²) in [6.07, 6.45) is 4.78. The van der Waals surface area contributed by atoms with Crippen molar-refractivity contribution in [3.63, 3.8) is 0 Å². The van der Waals surface area contributed by atoms with Crippen LogP contribution < -0.4 is 4.74 Å². The second-order valence-corrected chi connectivity index (χ2v) is 2.67. The molecule has 0 radical (unpaired) electrons. The highest BCUT2D eigenvalue weighted by Crippen LogP contribution is 2.26. The number of aliphatic hydroxyl groups excluding tert-OH is 1. The van der Waals surface area contributed by atoms with Gasteiger partial charge in [-0.05, 0) is 6.07 Å². The fraction of sp³-hybridized carbons (Fsp3) is 0.273. The van der Waals surface area contributed by atoms with Crippen LogP contribution in [0, 0.1) is 12.3 Å². The standard InChI is InChI=1S/C11H12O2/c1-3-6-10(12)9-7-4-5-8-11(9)13-2/h1,4-5,7-8,10,12H,6H2,2H3. The largest absolute Gasteiger partial charge is 0.496 e. The van der Waals surface area contributed by atoms with Crippen LogP contribution in [0.4, 0.5) is 0 Å². The van der Waals surface area contributed by atoms with Crippen molar-refractivity contribution in [2.75, 3.05) is 7.11 Å². The molecule has 0 amide bonds. The van der Waals surface area contributed by atoms with E-state index in [9.17, 15) is 5.11 Å². The molecule has 2 nitrogen and oxygen atoms in total. The molecule has 0 spiro atoms. The Morgan fingerprint density at radius 3 is 2.85 bits per heavy atom. The van der Waals surface area contributed by atoms with E-state index in [0.29, 0.717) is 12.2 Å². The van der Waals surface area contributed by atoms with Crippen LogP contribution in [-0.4, -0.2) is 12.2 Å². The van der Waals surface area contributed by atoms with Crippen LogP contribution in [0.25, 0.3) is 0 Å². The van der Waals surface area contributed by atoms with Crippen molar-refractivity contribution < 1.29 is 9.84 Å². The number of benzene rings is 1. The Hall–Kier alpha value is -1.46. The lowest BCUT2D eigenvalue weighted by atomic mass is 10.1. The normalized spacial score (nSPS) is 11.8. The first-order valence-electron chi connectivity index (χ1n) is 4.04. The van der Waals surface area contributed by atoms with Crippen molar-refractivity contribution in [3.8, 4) is 18.1 Å². The van der Waals surface area contributed by atoms with Crippen molar-refractivity contribution in [2.45, 2.75) is 12.5 Å². The molecule has 2 heteroatoms. The molecule has 1 aromatic carbocycles. The molecule has 1 unspecified atom stereocenters. The topological polar surface area (TPSA) is 29.5 Å². The first-order chi connectivity index (χ1) is 6.29. The molecule has 0 fully saturated rings. The van der Waals surface area contributed by atoms with Crippen molar-refractivity contribution >= 4 is 0 Å². The van der Waals surface area contributed by atoms with E-state index < -0.39 is 6.10 Å². The van der Waals surface area contributed by atoms with Gasteiger partial charge in [0.05, 0.1) is 13.2 Å². The van der Waals surface area contributed by atoms with Crippen molar-refractivity contribution in [3.05, 3.63) is 29.8 Å². The molecule has 0 saturated carbocycles. The van der Waals surface area contributed by atoms with Gasteiger partial charge in [-0.25, -0.2) is 0 Å². The van der Waals surface area contributed by atoms with Crippen LogP contribution >= 0.6 is 0 Å². The number of hydrogen-bond donors (Lipinski definition) is 1. The lowest BCUT2D eigenvalue weighted by molar-refractivity contribution is 0.179. The van der Waals surface area contributed by atoms with E-state index in [1.54, 1.807) is 19.2 Å². The van der Waals surface area contributed by atoms with Crippen LogP contribution in [0.2, 0.25) is 0 Å². The van der Waals surface area contributed by atoms with Crippen LogP contribution in [0.1, 0.15) is 18.1 Å². The van der Waals surface area contributed by atoms with Crippen molar-refractivity contribution in [2.24, 2.45) is 0 Å². The highest BCUT2D eigenvalue weighted by molar-refractivity contribution is 5.35. The summed E-state index contributed by atoms with van der Waals surface area (Å²) in [7, 11) is 1.57. The van der Waals surface area contributed by atoms with Gasteiger partial charge < -0.3 is 9.84 Å². The smallest absolute Gasteiger partial charge is 0.124 e. The maximum atomic E-state index is 9.61. The third kappa shape index (κ3) is 2.24. The average molecular weight is 176 g/mol. The van der Waals surface area contributed by atoms with Gasteiger partial charge in [-0.1, -0.05) is 18.2 Å². The van der Waals surface area contributed by atoms with E-state index in [2.05, 4.69) is 5.92 Å². The number of para-hydroxylation sites is 1.